The summed E-state index contributed by atoms with van der Waals surface area (Å²) in [7, 11) is 0. The van der Waals surface area contributed by atoms with Gasteiger partial charge in [-0.05, 0) is 38.7 Å². The van der Waals surface area contributed by atoms with Crippen LogP contribution in [0.3, 0.4) is 0 Å². The molecule has 1 atom stereocenters. The molecular weight excluding hydrogens is 222 g/mol. The van der Waals surface area contributed by atoms with Crippen molar-refractivity contribution in [2.75, 3.05) is 17.3 Å². The van der Waals surface area contributed by atoms with E-state index < -0.39 is 0 Å². The van der Waals surface area contributed by atoms with E-state index in [-0.39, 0.29) is 0 Å². The zero-order chi connectivity index (χ0) is 11.4. The van der Waals surface area contributed by atoms with Gasteiger partial charge in [-0.3, -0.25) is 0 Å². The Morgan fingerprint density at radius 3 is 3.19 bits per heavy atom. The van der Waals surface area contributed by atoms with Crippen LogP contribution in [0.1, 0.15) is 31.4 Å². The van der Waals surface area contributed by atoms with E-state index >= 15 is 0 Å². The van der Waals surface area contributed by atoms with Crippen molar-refractivity contribution >= 4 is 17.5 Å². The van der Waals surface area contributed by atoms with Crippen molar-refractivity contribution < 1.29 is 0 Å². The van der Waals surface area contributed by atoms with Gasteiger partial charge in [0, 0.05) is 30.4 Å². The normalized spacial score (nSPS) is 20.4. The first kappa shape index (κ1) is 11.6. The number of halogens is 1. The number of aromatic nitrogens is 2. The van der Waals surface area contributed by atoms with E-state index in [2.05, 4.69) is 14.9 Å². The number of rotatable bonds is 4. The van der Waals surface area contributed by atoms with Crippen molar-refractivity contribution in [2.45, 2.75) is 38.6 Å². The van der Waals surface area contributed by atoms with E-state index in [4.69, 9.17) is 11.6 Å². The van der Waals surface area contributed by atoms with E-state index in [1.54, 1.807) is 0 Å². The predicted molar refractivity (Wildman–Crippen MR) is 67.1 cm³/mol. The Kier molecular flexibility index (Phi) is 3.99. The van der Waals surface area contributed by atoms with Crippen molar-refractivity contribution in [2.24, 2.45) is 0 Å². The van der Waals surface area contributed by atoms with Gasteiger partial charge in [0.05, 0.1) is 0 Å². The molecule has 0 radical (unpaired) electrons. The molecule has 0 amide bonds. The number of anilines is 1. The summed E-state index contributed by atoms with van der Waals surface area (Å²) in [4.78, 5) is 11.2. The Bertz CT molecular complexity index is 343. The number of hydrogen-bond donors (Lipinski definition) is 0. The molecule has 1 aromatic heterocycles. The summed E-state index contributed by atoms with van der Waals surface area (Å²) in [6.45, 7) is 3.09. The largest absolute Gasteiger partial charge is 0.338 e. The summed E-state index contributed by atoms with van der Waals surface area (Å²) in [6.07, 6.45) is 6.56. The zero-order valence-corrected chi connectivity index (χ0v) is 10.5. The number of aryl methyl sites for hydroxylation is 1. The maximum atomic E-state index is 5.75. The third-order valence-electron chi connectivity index (χ3n) is 3.09. The molecule has 1 aliphatic rings. The molecule has 2 rings (SSSR count). The molecule has 0 bridgehead atoms. The smallest absolute Gasteiger partial charge is 0.225 e. The number of nitrogens with zero attached hydrogens (tertiary/aromatic N) is 3. The van der Waals surface area contributed by atoms with E-state index in [1.165, 1.54) is 12.8 Å². The van der Waals surface area contributed by atoms with Crippen molar-refractivity contribution in [3.63, 3.8) is 0 Å². The second kappa shape index (κ2) is 5.48. The Morgan fingerprint density at radius 1 is 1.56 bits per heavy atom. The van der Waals surface area contributed by atoms with E-state index in [1.807, 2.05) is 19.2 Å². The fourth-order valence-electron chi connectivity index (χ4n) is 2.29. The zero-order valence-electron chi connectivity index (χ0n) is 9.69. The van der Waals surface area contributed by atoms with Crippen LogP contribution in [-0.2, 0) is 0 Å². The van der Waals surface area contributed by atoms with Crippen LogP contribution in [-0.4, -0.2) is 28.4 Å². The highest BCUT2D eigenvalue weighted by atomic mass is 35.5. The summed E-state index contributed by atoms with van der Waals surface area (Å²) in [5.41, 5.74) is 1.04. The lowest BCUT2D eigenvalue weighted by Gasteiger charge is -2.24. The van der Waals surface area contributed by atoms with Gasteiger partial charge in [0.1, 0.15) is 0 Å². The lowest BCUT2D eigenvalue weighted by Crippen LogP contribution is -2.30. The van der Waals surface area contributed by atoms with E-state index in [0.29, 0.717) is 6.04 Å². The monoisotopic (exact) mass is 239 g/mol. The van der Waals surface area contributed by atoms with E-state index in [9.17, 15) is 0 Å². The van der Waals surface area contributed by atoms with Crippen LogP contribution < -0.4 is 4.90 Å². The molecule has 0 saturated carbocycles. The topological polar surface area (TPSA) is 29.0 Å². The molecule has 3 nitrogen and oxygen atoms in total. The third-order valence-corrected chi connectivity index (χ3v) is 3.35. The van der Waals surface area contributed by atoms with Gasteiger partial charge in [0.15, 0.2) is 0 Å². The summed E-state index contributed by atoms with van der Waals surface area (Å²) in [6, 6.07) is 2.52. The molecule has 1 aromatic rings. The lowest BCUT2D eigenvalue weighted by atomic mass is 10.1. The predicted octanol–water partition coefficient (Wildman–Crippen LogP) is 2.77. The SMILES string of the molecule is Cc1ccnc(N2CCCC2CCCCl)n1. The molecule has 0 spiro atoms. The molecule has 1 saturated heterocycles. The molecule has 16 heavy (non-hydrogen) atoms. The van der Waals surface area contributed by atoms with Gasteiger partial charge in [-0.25, -0.2) is 9.97 Å². The molecule has 0 aliphatic carbocycles. The van der Waals surface area contributed by atoms with Crippen LogP contribution in [0.5, 0.6) is 0 Å². The fraction of sp³-hybridized carbons (Fsp3) is 0.667. The number of alkyl halides is 1. The molecule has 4 heteroatoms. The summed E-state index contributed by atoms with van der Waals surface area (Å²) >= 11 is 5.75. The van der Waals surface area contributed by atoms with Crippen molar-refractivity contribution in [1.82, 2.24) is 9.97 Å². The van der Waals surface area contributed by atoms with Gasteiger partial charge in [-0.1, -0.05) is 0 Å². The highest BCUT2D eigenvalue weighted by Crippen LogP contribution is 2.25. The first-order chi connectivity index (χ1) is 7.81. The Hall–Kier alpha value is -0.830. The average molecular weight is 240 g/mol. The Morgan fingerprint density at radius 2 is 2.44 bits per heavy atom. The maximum absolute atomic E-state index is 5.75. The summed E-state index contributed by atoms with van der Waals surface area (Å²) in [5, 5.41) is 0. The van der Waals surface area contributed by atoms with Gasteiger partial charge in [-0.2, -0.15) is 0 Å². The van der Waals surface area contributed by atoms with Crippen molar-refractivity contribution in [3.8, 4) is 0 Å². The third kappa shape index (κ3) is 2.64. The van der Waals surface area contributed by atoms with Gasteiger partial charge < -0.3 is 4.90 Å². The minimum absolute atomic E-state index is 0.584. The van der Waals surface area contributed by atoms with Crippen molar-refractivity contribution in [1.29, 1.82) is 0 Å². The van der Waals surface area contributed by atoms with Crippen LogP contribution in [0.25, 0.3) is 0 Å². The minimum atomic E-state index is 0.584. The van der Waals surface area contributed by atoms with Gasteiger partial charge in [0.2, 0.25) is 5.95 Å². The first-order valence-electron chi connectivity index (χ1n) is 5.93. The summed E-state index contributed by atoms with van der Waals surface area (Å²) < 4.78 is 0. The quantitative estimate of drug-likeness (QED) is 0.757. The van der Waals surface area contributed by atoms with E-state index in [0.717, 1.165) is 36.9 Å². The Balaban J connectivity index is 2.07. The standard InChI is InChI=1S/C12H18ClN3/c1-10-6-8-14-12(15-10)16-9-3-5-11(16)4-2-7-13/h6,8,11H,2-5,7,9H2,1H3. The molecule has 1 fully saturated rings. The fourth-order valence-corrected chi connectivity index (χ4v) is 2.44. The second-order valence-corrected chi connectivity index (χ2v) is 4.70. The minimum Gasteiger partial charge on any atom is -0.338 e. The maximum Gasteiger partial charge on any atom is 0.225 e. The van der Waals surface area contributed by atoms with Crippen LogP contribution in [0, 0.1) is 6.92 Å². The van der Waals surface area contributed by atoms with Crippen LogP contribution in [0.15, 0.2) is 12.3 Å². The molecular formula is C12H18ClN3. The molecule has 1 aliphatic heterocycles. The lowest BCUT2D eigenvalue weighted by molar-refractivity contribution is 0.593. The van der Waals surface area contributed by atoms with Crippen LogP contribution in [0.4, 0.5) is 5.95 Å². The second-order valence-electron chi connectivity index (χ2n) is 4.32. The molecule has 2 heterocycles. The molecule has 0 aromatic carbocycles. The van der Waals surface area contributed by atoms with Crippen LogP contribution in [0.2, 0.25) is 0 Å². The Labute approximate surface area is 102 Å². The highest BCUT2D eigenvalue weighted by molar-refractivity contribution is 6.17. The van der Waals surface area contributed by atoms with Gasteiger partial charge >= 0.3 is 0 Å². The number of hydrogen-bond acceptors (Lipinski definition) is 3. The van der Waals surface area contributed by atoms with Crippen molar-refractivity contribution in [3.05, 3.63) is 18.0 Å². The van der Waals surface area contributed by atoms with Gasteiger partial charge in [0.25, 0.3) is 0 Å². The molecule has 1 unspecified atom stereocenters. The molecule has 88 valence electrons. The van der Waals surface area contributed by atoms with Crippen LogP contribution >= 0.6 is 11.6 Å². The average Bonchev–Trinajstić information content (AvgIpc) is 2.74. The highest BCUT2D eigenvalue weighted by Gasteiger charge is 2.25. The molecule has 0 N–H and O–H groups in total. The first-order valence-corrected chi connectivity index (χ1v) is 6.47. The van der Waals surface area contributed by atoms with Gasteiger partial charge in [-0.15, -0.1) is 11.6 Å². The summed E-state index contributed by atoms with van der Waals surface area (Å²) in [5.74, 6) is 1.64.